The number of ether oxygens (including phenoxy) is 1. The monoisotopic (exact) mass is 474 g/mol. The standard InChI is InChI=1S/C22H23ClN4O4S/c1-4-9-24-21(30)26-19(28)12-32-22-25-16-8-6-5-7-14(16)20(29)27(22)17-10-13(2)15(23)11-18(17)31-3/h5-8,10-11H,4,9,12H2,1-3H3,(H2,24,26,28,30). The van der Waals surface area contributed by atoms with Crippen LogP contribution in [0, 0.1) is 6.92 Å². The Labute approximate surface area is 194 Å². The zero-order chi connectivity index (χ0) is 23.3. The van der Waals surface area contributed by atoms with Crippen LogP contribution in [-0.2, 0) is 4.79 Å². The topological polar surface area (TPSA) is 102 Å². The third-order valence-electron chi connectivity index (χ3n) is 4.57. The third-order valence-corrected chi connectivity index (χ3v) is 5.91. The van der Waals surface area contributed by atoms with Crippen LogP contribution >= 0.6 is 23.4 Å². The number of amides is 3. The molecule has 3 aromatic rings. The number of urea groups is 1. The van der Waals surface area contributed by atoms with E-state index < -0.39 is 11.9 Å². The fourth-order valence-electron chi connectivity index (χ4n) is 2.98. The van der Waals surface area contributed by atoms with E-state index in [0.29, 0.717) is 33.9 Å². The van der Waals surface area contributed by atoms with E-state index in [1.54, 1.807) is 36.4 Å². The van der Waals surface area contributed by atoms with Crippen molar-refractivity contribution in [1.82, 2.24) is 20.2 Å². The maximum Gasteiger partial charge on any atom is 0.321 e. The lowest BCUT2D eigenvalue weighted by molar-refractivity contribution is -0.117. The van der Waals surface area contributed by atoms with Gasteiger partial charge in [0.2, 0.25) is 5.91 Å². The number of rotatable bonds is 7. The summed E-state index contributed by atoms with van der Waals surface area (Å²) in [6.07, 6.45) is 0.756. The Balaban J connectivity index is 2.03. The molecule has 0 saturated heterocycles. The second-order valence-electron chi connectivity index (χ2n) is 6.92. The molecule has 32 heavy (non-hydrogen) atoms. The summed E-state index contributed by atoms with van der Waals surface area (Å²) in [6.45, 7) is 4.20. The number of carbonyl (C=O) groups excluding carboxylic acids is 2. The maximum atomic E-state index is 13.4. The first-order chi connectivity index (χ1) is 15.3. The molecule has 0 unspecified atom stereocenters. The smallest absolute Gasteiger partial charge is 0.321 e. The summed E-state index contributed by atoms with van der Waals surface area (Å²) in [5.41, 5.74) is 1.41. The minimum Gasteiger partial charge on any atom is -0.495 e. The number of nitrogens with one attached hydrogen (secondary N) is 2. The van der Waals surface area contributed by atoms with Crippen LogP contribution in [0.25, 0.3) is 16.6 Å². The molecule has 0 spiro atoms. The van der Waals surface area contributed by atoms with Crippen LogP contribution in [0.5, 0.6) is 5.75 Å². The number of fused-ring (bicyclic) bond motifs is 1. The van der Waals surface area contributed by atoms with Gasteiger partial charge in [-0.25, -0.2) is 9.78 Å². The summed E-state index contributed by atoms with van der Waals surface area (Å²) in [7, 11) is 1.49. The molecule has 168 valence electrons. The number of benzene rings is 2. The third kappa shape index (κ3) is 5.23. The molecule has 0 radical (unpaired) electrons. The van der Waals surface area contributed by atoms with Crippen molar-refractivity contribution in [3.05, 3.63) is 57.3 Å². The lowest BCUT2D eigenvalue weighted by Crippen LogP contribution is -2.40. The summed E-state index contributed by atoms with van der Waals surface area (Å²) in [5, 5.41) is 6.06. The van der Waals surface area contributed by atoms with Crippen molar-refractivity contribution in [2.75, 3.05) is 19.4 Å². The van der Waals surface area contributed by atoms with Crippen LogP contribution < -0.4 is 20.9 Å². The van der Waals surface area contributed by atoms with Crippen LogP contribution in [0.3, 0.4) is 0 Å². The number of thioether (sulfide) groups is 1. The van der Waals surface area contributed by atoms with Gasteiger partial charge in [0.05, 0.1) is 29.5 Å². The number of nitrogens with zero attached hydrogens (tertiary/aromatic N) is 2. The first-order valence-corrected chi connectivity index (χ1v) is 11.3. The van der Waals surface area contributed by atoms with Gasteiger partial charge in [-0.3, -0.25) is 19.5 Å². The first kappa shape index (κ1) is 23.6. The SMILES string of the molecule is CCCNC(=O)NC(=O)CSc1nc2ccccc2c(=O)n1-c1cc(C)c(Cl)cc1OC. The molecule has 0 aliphatic heterocycles. The molecule has 2 N–H and O–H groups in total. The van der Waals surface area contributed by atoms with E-state index in [0.717, 1.165) is 23.7 Å². The Kier molecular flexibility index (Phi) is 7.76. The highest BCUT2D eigenvalue weighted by Crippen LogP contribution is 2.31. The number of imide groups is 1. The average molecular weight is 475 g/mol. The fourth-order valence-corrected chi connectivity index (χ4v) is 3.94. The number of halogens is 1. The molecule has 3 amide bonds. The molecule has 0 atom stereocenters. The molecule has 1 aromatic heterocycles. The van der Waals surface area contributed by atoms with Crippen LogP contribution in [0.1, 0.15) is 18.9 Å². The van der Waals surface area contributed by atoms with Crippen LogP contribution in [0.15, 0.2) is 46.3 Å². The van der Waals surface area contributed by atoms with Crippen molar-refractivity contribution < 1.29 is 14.3 Å². The Morgan fingerprint density at radius 2 is 2.00 bits per heavy atom. The molecular weight excluding hydrogens is 452 g/mol. The minimum absolute atomic E-state index is 0.112. The average Bonchev–Trinajstić information content (AvgIpc) is 2.78. The Morgan fingerprint density at radius 1 is 1.25 bits per heavy atom. The number of para-hydroxylation sites is 1. The van der Waals surface area contributed by atoms with Gasteiger partial charge in [0.25, 0.3) is 5.56 Å². The predicted octanol–water partition coefficient (Wildman–Crippen LogP) is 3.68. The summed E-state index contributed by atoms with van der Waals surface area (Å²) in [5.74, 6) is -0.221. The van der Waals surface area contributed by atoms with Crippen molar-refractivity contribution in [2.24, 2.45) is 0 Å². The summed E-state index contributed by atoms with van der Waals surface area (Å²) >= 11 is 7.28. The van der Waals surface area contributed by atoms with Gasteiger partial charge in [-0.15, -0.1) is 0 Å². The van der Waals surface area contributed by atoms with Crippen molar-refractivity contribution in [2.45, 2.75) is 25.4 Å². The molecule has 10 heteroatoms. The number of carbonyl (C=O) groups is 2. The number of aromatic nitrogens is 2. The second-order valence-corrected chi connectivity index (χ2v) is 8.27. The minimum atomic E-state index is -0.559. The summed E-state index contributed by atoms with van der Waals surface area (Å²) in [4.78, 5) is 42.0. The van der Waals surface area contributed by atoms with Gasteiger partial charge < -0.3 is 10.1 Å². The number of hydrogen-bond acceptors (Lipinski definition) is 6. The van der Waals surface area contributed by atoms with Crippen molar-refractivity contribution >= 4 is 46.2 Å². The fraction of sp³-hybridized carbons (Fsp3) is 0.273. The van der Waals surface area contributed by atoms with Gasteiger partial charge in [-0.2, -0.15) is 0 Å². The summed E-state index contributed by atoms with van der Waals surface area (Å²) in [6, 6.07) is 9.77. The van der Waals surface area contributed by atoms with E-state index in [1.807, 2.05) is 13.8 Å². The number of methoxy groups -OCH3 is 1. The van der Waals surface area contributed by atoms with Crippen molar-refractivity contribution in [3.63, 3.8) is 0 Å². The van der Waals surface area contributed by atoms with Gasteiger partial charge in [0, 0.05) is 17.6 Å². The van der Waals surface area contributed by atoms with Gasteiger partial charge in [0.1, 0.15) is 5.75 Å². The van der Waals surface area contributed by atoms with Gasteiger partial charge in [0.15, 0.2) is 5.16 Å². The second kappa shape index (κ2) is 10.5. The Morgan fingerprint density at radius 3 is 2.72 bits per heavy atom. The van der Waals surface area contributed by atoms with E-state index in [-0.39, 0.29) is 16.5 Å². The zero-order valence-electron chi connectivity index (χ0n) is 17.9. The van der Waals surface area contributed by atoms with Crippen LogP contribution in [0.2, 0.25) is 5.02 Å². The first-order valence-electron chi connectivity index (χ1n) is 9.92. The lowest BCUT2D eigenvalue weighted by atomic mass is 10.2. The molecule has 0 bridgehead atoms. The zero-order valence-corrected chi connectivity index (χ0v) is 19.5. The van der Waals surface area contributed by atoms with E-state index >= 15 is 0 Å². The molecule has 2 aromatic carbocycles. The number of hydrogen-bond donors (Lipinski definition) is 2. The summed E-state index contributed by atoms with van der Waals surface area (Å²) < 4.78 is 6.86. The van der Waals surface area contributed by atoms with Crippen molar-refractivity contribution in [3.8, 4) is 11.4 Å². The Hall–Kier alpha value is -3.04. The normalized spacial score (nSPS) is 10.8. The highest BCUT2D eigenvalue weighted by Gasteiger charge is 2.19. The van der Waals surface area contributed by atoms with Gasteiger partial charge in [-0.1, -0.05) is 42.4 Å². The molecule has 0 fully saturated rings. The molecule has 1 heterocycles. The maximum absolute atomic E-state index is 13.4. The van der Waals surface area contributed by atoms with E-state index in [4.69, 9.17) is 16.3 Å². The van der Waals surface area contributed by atoms with Crippen LogP contribution in [0.4, 0.5) is 4.79 Å². The van der Waals surface area contributed by atoms with E-state index in [2.05, 4.69) is 15.6 Å². The number of aryl methyl sites for hydroxylation is 1. The molecular formula is C22H23ClN4O4S. The molecule has 0 saturated carbocycles. The van der Waals surface area contributed by atoms with E-state index in [9.17, 15) is 14.4 Å². The molecule has 0 aliphatic carbocycles. The lowest BCUT2D eigenvalue weighted by Gasteiger charge is -2.17. The van der Waals surface area contributed by atoms with E-state index in [1.165, 1.54) is 11.7 Å². The van der Waals surface area contributed by atoms with Crippen molar-refractivity contribution in [1.29, 1.82) is 0 Å². The highest BCUT2D eigenvalue weighted by atomic mass is 35.5. The predicted molar refractivity (Wildman–Crippen MR) is 126 cm³/mol. The Bertz CT molecular complexity index is 1230. The highest BCUT2D eigenvalue weighted by molar-refractivity contribution is 7.99. The van der Waals surface area contributed by atoms with Gasteiger partial charge >= 0.3 is 6.03 Å². The largest absolute Gasteiger partial charge is 0.495 e. The molecule has 8 nitrogen and oxygen atoms in total. The van der Waals surface area contributed by atoms with Crippen LogP contribution in [-0.4, -0.2) is 40.9 Å². The molecule has 0 aliphatic rings. The molecule has 3 rings (SSSR count). The quantitative estimate of drug-likeness (QED) is 0.400. The van der Waals surface area contributed by atoms with Gasteiger partial charge in [-0.05, 0) is 37.1 Å².